The Morgan fingerprint density at radius 1 is 1.47 bits per heavy atom. The number of rotatable bonds is 5. The standard InChI is InChI=1S/C15H19BrO3/c1-10(2)12-8-11(16)4-5-13(12)19-15(6-3-7-15)9-14(17)18/h4-5,8,10H,3,6-7,9H2,1-2H3,(H,17,18). The lowest BCUT2D eigenvalue weighted by Crippen LogP contribution is -2.45. The lowest BCUT2D eigenvalue weighted by molar-refractivity contribution is -0.144. The second kappa shape index (κ2) is 5.53. The molecule has 104 valence electrons. The SMILES string of the molecule is CC(C)c1cc(Br)ccc1OC1(CC(=O)O)CCC1. The molecule has 0 unspecified atom stereocenters. The van der Waals surface area contributed by atoms with Crippen molar-refractivity contribution in [3.8, 4) is 5.75 Å². The van der Waals surface area contributed by atoms with Gasteiger partial charge in [-0.1, -0.05) is 29.8 Å². The zero-order valence-corrected chi connectivity index (χ0v) is 12.9. The highest BCUT2D eigenvalue weighted by atomic mass is 79.9. The number of hydrogen-bond donors (Lipinski definition) is 1. The largest absolute Gasteiger partial charge is 0.486 e. The van der Waals surface area contributed by atoms with Crippen molar-refractivity contribution < 1.29 is 14.6 Å². The molecule has 0 amide bonds. The van der Waals surface area contributed by atoms with Gasteiger partial charge >= 0.3 is 5.97 Å². The van der Waals surface area contributed by atoms with Crippen molar-refractivity contribution in [2.24, 2.45) is 0 Å². The van der Waals surface area contributed by atoms with Gasteiger partial charge in [0.1, 0.15) is 11.4 Å². The quantitative estimate of drug-likeness (QED) is 0.874. The lowest BCUT2D eigenvalue weighted by Gasteiger charge is -2.41. The number of carbonyl (C=O) groups is 1. The third-order valence-electron chi connectivity index (χ3n) is 3.66. The number of benzene rings is 1. The van der Waals surface area contributed by atoms with E-state index in [0.29, 0.717) is 5.92 Å². The Morgan fingerprint density at radius 3 is 2.63 bits per heavy atom. The predicted molar refractivity (Wildman–Crippen MR) is 77.7 cm³/mol. The summed E-state index contributed by atoms with van der Waals surface area (Å²) >= 11 is 3.47. The van der Waals surface area contributed by atoms with E-state index in [2.05, 4.69) is 29.8 Å². The zero-order valence-electron chi connectivity index (χ0n) is 11.3. The molecule has 0 aliphatic heterocycles. The van der Waals surface area contributed by atoms with Crippen LogP contribution in [0, 0.1) is 0 Å². The monoisotopic (exact) mass is 326 g/mol. The first-order chi connectivity index (χ1) is 8.92. The number of hydrogen-bond acceptors (Lipinski definition) is 2. The molecule has 4 heteroatoms. The molecule has 0 bridgehead atoms. The molecule has 19 heavy (non-hydrogen) atoms. The van der Waals surface area contributed by atoms with E-state index in [1.54, 1.807) is 0 Å². The molecule has 1 fully saturated rings. The number of carboxylic acid groups (broad SMARTS) is 1. The highest BCUT2D eigenvalue weighted by molar-refractivity contribution is 9.10. The Labute approximate surface area is 122 Å². The van der Waals surface area contributed by atoms with E-state index in [1.165, 1.54) is 0 Å². The molecule has 1 N–H and O–H groups in total. The van der Waals surface area contributed by atoms with Crippen LogP contribution in [-0.4, -0.2) is 16.7 Å². The topological polar surface area (TPSA) is 46.5 Å². The minimum atomic E-state index is -0.789. The van der Waals surface area contributed by atoms with E-state index < -0.39 is 11.6 Å². The van der Waals surface area contributed by atoms with E-state index in [1.807, 2.05) is 18.2 Å². The molecule has 1 aliphatic carbocycles. The van der Waals surface area contributed by atoms with E-state index >= 15 is 0 Å². The molecular weight excluding hydrogens is 308 g/mol. The Kier molecular flexibility index (Phi) is 4.19. The summed E-state index contributed by atoms with van der Waals surface area (Å²) in [5.41, 5.74) is 0.620. The second-order valence-electron chi connectivity index (χ2n) is 5.55. The Bertz CT molecular complexity index is 478. The van der Waals surface area contributed by atoms with E-state index in [4.69, 9.17) is 9.84 Å². The molecule has 1 aromatic carbocycles. The van der Waals surface area contributed by atoms with Gasteiger partial charge in [0.15, 0.2) is 0 Å². The molecule has 3 nitrogen and oxygen atoms in total. The maximum absolute atomic E-state index is 11.0. The van der Waals surface area contributed by atoms with Crippen molar-refractivity contribution in [1.82, 2.24) is 0 Å². The first-order valence-corrected chi connectivity index (χ1v) is 7.41. The molecule has 0 spiro atoms. The van der Waals surface area contributed by atoms with Crippen LogP contribution in [0.25, 0.3) is 0 Å². The van der Waals surface area contributed by atoms with Crippen LogP contribution in [0.3, 0.4) is 0 Å². The lowest BCUT2D eigenvalue weighted by atomic mass is 9.77. The summed E-state index contributed by atoms with van der Waals surface area (Å²) in [5.74, 6) is 0.372. The molecule has 0 atom stereocenters. The summed E-state index contributed by atoms with van der Waals surface area (Å²) in [4.78, 5) is 11.0. The van der Waals surface area contributed by atoms with Gasteiger partial charge in [-0.15, -0.1) is 0 Å². The van der Waals surface area contributed by atoms with Crippen LogP contribution >= 0.6 is 15.9 Å². The predicted octanol–water partition coefficient (Wildman–Crippen LogP) is 4.35. The second-order valence-corrected chi connectivity index (χ2v) is 6.46. The van der Waals surface area contributed by atoms with Gasteiger partial charge in [-0.25, -0.2) is 0 Å². The Hall–Kier alpha value is -1.03. The van der Waals surface area contributed by atoms with Crippen LogP contribution in [-0.2, 0) is 4.79 Å². The number of aliphatic carboxylic acids is 1. The number of halogens is 1. The van der Waals surface area contributed by atoms with Crippen LogP contribution in [0.1, 0.15) is 51.0 Å². The van der Waals surface area contributed by atoms with Gasteiger partial charge in [-0.05, 0) is 48.9 Å². The zero-order chi connectivity index (χ0) is 14.0. The molecule has 0 heterocycles. The summed E-state index contributed by atoms with van der Waals surface area (Å²) in [5, 5.41) is 9.03. The first kappa shape index (κ1) is 14.4. The highest BCUT2D eigenvalue weighted by Gasteiger charge is 2.42. The van der Waals surface area contributed by atoms with Crippen molar-refractivity contribution >= 4 is 21.9 Å². The van der Waals surface area contributed by atoms with Gasteiger partial charge in [-0.3, -0.25) is 4.79 Å². The molecular formula is C15H19BrO3. The van der Waals surface area contributed by atoms with Gasteiger partial charge in [0.25, 0.3) is 0 Å². The van der Waals surface area contributed by atoms with Crippen molar-refractivity contribution in [3.63, 3.8) is 0 Å². The molecule has 0 saturated heterocycles. The van der Waals surface area contributed by atoms with Crippen LogP contribution in [0.4, 0.5) is 0 Å². The molecule has 1 aliphatic rings. The van der Waals surface area contributed by atoms with Crippen LogP contribution < -0.4 is 4.74 Å². The molecule has 1 saturated carbocycles. The first-order valence-electron chi connectivity index (χ1n) is 6.62. The van der Waals surface area contributed by atoms with Crippen LogP contribution in [0.2, 0.25) is 0 Å². The number of ether oxygens (including phenoxy) is 1. The van der Waals surface area contributed by atoms with Gasteiger partial charge in [-0.2, -0.15) is 0 Å². The highest BCUT2D eigenvalue weighted by Crippen LogP contribution is 2.41. The van der Waals surface area contributed by atoms with Gasteiger partial charge in [0, 0.05) is 4.47 Å². The summed E-state index contributed by atoms with van der Waals surface area (Å²) in [6.07, 6.45) is 2.78. The molecule has 1 aromatic rings. The third-order valence-corrected chi connectivity index (χ3v) is 4.15. The van der Waals surface area contributed by atoms with Crippen molar-refractivity contribution in [3.05, 3.63) is 28.2 Å². The Morgan fingerprint density at radius 2 is 2.16 bits per heavy atom. The summed E-state index contributed by atoms with van der Waals surface area (Å²) in [6.45, 7) is 4.22. The smallest absolute Gasteiger partial charge is 0.307 e. The van der Waals surface area contributed by atoms with Crippen molar-refractivity contribution in [1.29, 1.82) is 0 Å². The number of carboxylic acids is 1. The normalized spacial score (nSPS) is 17.1. The molecule has 0 aromatic heterocycles. The van der Waals surface area contributed by atoms with E-state index in [-0.39, 0.29) is 6.42 Å². The van der Waals surface area contributed by atoms with E-state index in [0.717, 1.165) is 35.0 Å². The summed E-state index contributed by atoms with van der Waals surface area (Å²) < 4.78 is 7.11. The van der Waals surface area contributed by atoms with Gasteiger partial charge in [0.05, 0.1) is 6.42 Å². The minimum Gasteiger partial charge on any atom is -0.486 e. The van der Waals surface area contributed by atoms with Crippen LogP contribution in [0.5, 0.6) is 5.75 Å². The summed E-state index contributed by atoms with van der Waals surface area (Å²) in [7, 11) is 0. The van der Waals surface area contributed by atoms with E-state index in [9.17, 15) is 4.79 Å². The minimum absolute atomic E-state index is 0.0839. The fourth-order valence-corrected chi connectivity index (χ4v) is 2.84. The van der Waals surface area contributed by atoms with Gasteiger partial charge in [0.2, 0.25) is 0 Å². The summed E-state index contributed by atoms with van der Waals surface area (Å²) in [6, 6.07) is 5.92. The average molecular weight is 327 g/mol. The average Bonchev–Trinajstić information content (AvgIpc) is 2.27. The third kappa shape index (κ3) is 3.30. The van der Waals surface area contributed by atoms with Crippen molar-refractivity contribution in [2.45, 2.75) is 51.0 Å². The maximum atomic E-state index is 11.0. The maximum Gasteiger partial charge on any atom is 0.307 e. The Balaban J connectivity index is 2.24. The fourth-order valence-electron chi connectivity index (χ4n) is 2.46. The molecule has 0 radical (unpaired) electrons. The fraction of sp³-hybridized carbons (Fsp3) is 0.533. The van der Waals surface area contributed by atoms with Crippen LogP contribution in [0.15, 0.2) is 22.7 Å². The van der Waals surface area contributed by atoms with Gasteiger partial charge < -0.3 is 9.84 Å². The van der Waals surface area contributed by atoms with Crippen molar-refractivity contribution in [2.75, 3.05) is 0 Å². The molecule has 2 rings (SSSR count).